The van der Waals surface area contributed by atoms with Crippen LogP contribution in [0.4, 0.5) is 0 Å². The van der Waals surface area contributed by atoms with Crippen LogP contribution >= 0.6 is 24.0 Å². The zero-order valence-corrected chi connectivity index (χ0v) is 20.4. The first kappa shape index (κ1) is 24.6. The first-order valence-corrected chi connectivity index (χ1v) is 12.0. The Morgan fingerprint density at radius 1 is 1.10 bits per heavy atom. The summed E-state index contributed by atoms with van der Waals surface area (Å²) in [7, 11) is -1.54. The van der Waals surface area contributed by atoms with Crippen molar-refractivity contribution >= 4 is 45.9 Å². The van der Waals surface area contributed by atoms with Crippen molar-refractivity contribution in [2.75, 3.05) is 58.6 Å². The molecule has 0 aromatic carbocycles. The monoisotopic (exact) mass is 542 g/mol. The maximum absolute atomic E-state index is 12.1. The number of carbonyl (C=O) groups excluding carboxylic acids is 1. The van der Waals surface area contributed by atoms with E-state index in [9.17, 15) is 13.2 Å². The van der Waals surface area contributed by atoms with Crippen molar-refractivity contribution in [2.45, 2.75) is 38.1 Å². The summed E-state index contributed by atoms with van der Waals surface area (Å²) in [5.74, 6) is 1.38. The standard InChI is InChI=1S/C18H34N6O3S.HI/c1-19-18(20-7-12-28(26,27)21-13-15-3-2-4-15)24-10-8-23(9-11-24)14-17(25)22-16-5-6-16;/h15-16,21H,2-14H2,1H3,(H,19,20)(H,22,25);1H. The molecular weight excluding hydrogens is 507 g/mol. The number of nitrogens with zero attached hydrogens (tertiary/aromatic N) is 3. The molecule has 0 spiro atoms. The van der Waals surface area contributed by atoms with Crippen LogP contribution in [0.15, 0.2) is 4.99 Å². The smallest absolute Gasteiger partial charge is 0.234 e. The lowest BCUT2D eigenvalue weighted by atomic mass is 9.86. The van der Waals surface area contributed by atoms with Crippen molar-refractivity contribution in [3.8, 4) is 0 Å². The highest BCUT2D eigenvalue weighted by molar-refractivity contribution is 14.0. The van der Waals surface area contributed by atoms with Crippen LogP contribution in [0.1, 0.15) is 32.1 Å². The Morgan fingerprint density at radius 3 is 2.34 bits per heavy atom. The quantitative estimate of drug-likeness (QED) is 0.212. The third-order valence-electron chi connectivity index (χ3n) is 5.66. The number of halogens is 1. The van der Waals surface area contributed by atoms with Gasteiger partial charge in [-0.2, -0.15) is 0 Å². The average Bonchev–Trinajstić information content (AvgIpc) is 3.42. The minimum absolute atomic E-state index is 0. The van der Waals surface area contributed by atoms with Crippen molar-refractivity contribution in [3.05, 3.63) is 0 Å². The molecule has 1 heterocycles. The van der Waals surface area contributed by atoms with E-state index in [1.54, 1.807) is 7.05 Å². The van der Waals surface area contributed by atoms with E-state index in [0.717, 1.165) is 57.8 Å². The van der Waals surface area contributed by atoms with Crippen LogP contribution in [-0.2, 0) is 14.8 Å². The molecule has 1 aliphatic heterocycles. The summed E-state index contributed by atoms with van der Waals surface area (Å²) in [4.78, 5) is 20.5. The molecule has 3 aliphatic rings. The number of sulfonamides is 1. The predicted molar refractivity (Wildman–Crippen MR) is 125 cm³/mol. The number of hydrogen-bond donors (Lipinski definition) is 3. The van der Waals surface area contributed by atoms with E-state index in [-0.39, 0.29) is 35.6 Å². The summed E-state index contributed by atoms with van der Waals surface area (Å²) in [6.45, 7) is 4.46. The number of piperazine rings is 1. The van der Waals surface area contributed by atoms with Gasteiger partial charge in [-0.15, -0.1) is 24.0 Å². The van der Waals surface area contributed by atoms with Gasteiger partial charge < -0.3 is 15.5 Å². The van der Waals surface area contributed by atoms with Crippen LogP contribution in [0.3, 0.4) is 0 Å². The Bertz CT molecular complexity index is 659. The molecular formula is C18H35IN6O3S. The van der Waals surface area contributed by atoms with E-state index in [0.29, 0.717) is 31.6 Å². The number of nitrogens with one attached hydrogen (secondary N) is 3. The van der Waals surface area contributed by atoms with Crippen molar-refractivity contribution in [2.24, 2.45) is 10.9 Å². The van der Waals surface area contributed by atoms with Crippen LogP contribution in [0.25, 0.3) is 0 Å². The highest BCUT2D eigenvalue weighted by Crippen LogP contribution is 2.25. The summed E-state index contributed by atoms with van der Waals surface area (Å²) in [6.07, 6.45) is 5.67. The van der Waals surface area contributed by atoms with Crippen molar-refractivity contribution in [3.63, 3.8) is 0 Å². The summed E-state index contributed by atoms with van der Waals surface area (Å²) in [5, 5.41) is 6.18. The van der Waals surface area contributed by atoms with E-state index in [4.69, 9.17) is 0 Å². The molecule has 3 N–H and O–H groups in total. The van der Waals surface area contributed by atoms with Gasteiger partial charge in [-0.3, -0.25) is 14.7 Å². The zero-order chi connectivity index (χ0) is 20.0. The molecule has 168 valence electrons. The van der Waals surface area contributed by atoms with Gasteiger partial charge in [0.2, 0.25) is 15.9 Å². The second-order valence-electron chi connectivity index (χ2n) is 8.04. The van der Waals surface area contributed by atoms with Crippen LogP contribution in [0.2, 0.25) is 0 Å². The molecule has 3 rings (SSSR count). The topological polar surface area (TPSA) is 106 Å². The number of guanidine groups is 1. The number of amides is 1. The number of rotatable bonds is 9. The van der Waals surface area contributed by atoms with Gasteiger partial charge in [0.05, 0.1) is 12.3 Å². The van der Waals surface area contributed by atoms with Crippen LogP contribution < -0.4 is 15.4 Å². The Kier molecular flexibility index (Phi) is 9.89. The van der Waals surface area contributed by atoms with Crippen molar-refractivity contribution in [1.29, 1.82) is 0 Å². The molecule has 0 aromatic heterocycles. The molecule has 11 heteroatoms. The molecule has 2 saturated carbocycles. The summed E-state index contributed by atoms with van der Waals surface area (Å²) in [6, 6.07) is 0.399. The summed E-state index contributed by atoms with van der Waals surface area (Å²) < 4.78 is 26.9. The molecule has 1 saturated heterocycles. The minimum Gasteiger partial charge on any atom is -0.355 e. The van der Waals surface area contributed by atoms with E-state index in [2.05, 4.69) is 30.1 Å². The molecule has 0 bridgehead atoms. The van der Waals surface area contributed by atoms with Gasteiger partial charge in [0, 0.05) is 52.4 Å². The molecule has 29 heavy (non-hydrogen) atoms. The Hall–Kier alpha value is -0.660. The lowest BCUT2D eigenvalue weighted by Gasteiger charge is -2.36. The second-order valence-corrected chi connectivity index (χ2v) is 9.97. The number of aliphatic imine (C=N–C) groups is 1. The molecule has 0 aromatic rings. The Balaban J connectivity index is 0.00000300. The Labute approximate surface area is 191 Å². The normalized spacial score (nSPS) is 21.3. The fraction of sp³-hybridized carbons (Fsp3) is 0.889. The summed E-state index contributed by atoms with van der Waals surface area (Å²) >= 11 is 0. The maximum Gasteiger partial charge on any atom is 0.234 e. The van der Waals surface area contributed by atoms with Gasteiger partial charge in [0.1, 0.15) is 0 Å². The van der Waals surface area contributed by atoms with E-state index in [1.807, 2.05) is 0 Å². The van der Waals surface area contributed by atoms with Crippen molar-refractivity contribution < 1.29 is 13.2 Å². The average molecular weight is 542 g/mol. The van der Waals surface area contributed by atoms with Gasteiger partial charge in [0.15, 0.2) is 5.96 Å². The van der Waals surface area contributed by atoms with Crippen LogP contribution in [-0.4, -0.2) is 94.7 Å². The number of hydrogen-bond acceptors (Lipinski definition) is 5. The lowest BCUT2D eigenvalue weighted by Crippen LogP contribution is -2.54. The molecule has 9 nitrogen and oxygen atoms in total. The van der Waals surface area contributed by atoms with Gasteiger partial charge in [-0.1, -0.05) is 6.42 Å². The third-order valence-corrected chi connectivity index (χ3v) is 7.01. The molecule has 1 amide bonds. The van der Waals surface area contributed by atoms with Crippen LogP contribution in [0.5, 0.6) is 0 Å². The first-order chi connectivity index (χ1) is 13.4. The Morgan fingerprint density at radius 2 is 1.79 bits per heavy atom. The lowest BCUT2D eigenvalue weighted by molar-refractivity contribution is -0.122. The zero-order valence-electron chi connectivity index (χ0n) is 17.2. The van der Waals surface area contributed by atoms with Gasteiger partial charge >= 0.3 is 0 Å². The van der Waals surface area contributed by atoms with E-state index >= 15 is 0 Å². The second kappa shape index (κ2) is 11.7. The molecule has 0 atom stereocenters. The molecule has 0 radical (unpaired) electrons. The first-order valence-electron chi connectivity index (χ1n) is 10.4. The van der Waals surface area contributed by atoms with Crippen molar-refractivity contribution in [1.82, 2.24) is 25.2 Å². The predicted octanol–water partition coefficient (Wildman–Crippen LogP) is -0.204. The molecule has 3 fully saturated rings. The maximum atomic E-state index is 12.1. The van der Waals surface area contributed by atoms with Gasteiger partial charge in [0.25, 0.3) is 0 Å². The van der Waals surface area contributed by atoms with E-state index in [1.165, 1.54) is 6.42 Å². The summed E-state index contributed by atoms with van der Waals surface area (Å²) in [5.41, 5.74) is 0. The fourth-order valence-electron chi connectivity index (χ4n) is 3.47. The molecule has 2 aliphatic carbocycles. The van der Waals surface area contributed by atoms with Gasteiger partial charge in [-0.05, 0) is 31.6 Å². The fourth-order valence-corrected chi connectivity index (χ4v) is 4.47. The minimum atomic E-state index is -3.25. The van der Waals surface area contributed by atoms with Crippen LogP contribution in [0, 0.1) is 5.92 Å². The molecule has 0 unspecified atom stereocenters. The third kappa shape index (κ3) is 8.54. The SMILES string of the molecule is CN=C(NCCS(=O)(=O)NCC1CCC1)N1CCN(CC(=O)NC2CC2)CC1.I. The largest absolute Gasteiger partial charge is 0.355 e. The highest BCUT2D eigenvalue weighted by atomic mass is 127. The van der Waals surface area contributed by atoms with E-state index < -0.39 is 10.0 Å². The number of carbonyl (C=O) groups is 1. The highest BCUT2D eigenvalue weighted by Gasteiger charge is 2.26. The van der Waals surface area contributed by atoms with Gasteiger partial charge in [-0.25, -0.2) is 13.1 Å².